The zero-order chi connectivity index (χ0) is 20.3. The van der Waals surface area contributed by atoms with E-state index in [0.29, 0.717) is 17.1 Å². The molecule has 0 bridgehead atoms. The first-order chi connectivity index (χ1) is 13.3. The van der Waals surface area contributed by atoms with Gasteiger partial charge in [-0.25, -0.2) is 0 Å². The largest absolute Gasteiger partial charge is 0.457 e. The van der Waals surface area contributed by atoms with Crippen LogP contribution >= 0.6 is 0 Å². The van der Waals surface area contributed by atoms with Gasteiger partial charge in [0.05, 0.1) is 5.92 Å². The fourth-order valence-corrected chi connectivity index (χ4v) is 3.30. The number of benzene rings is 2. The van der Waals surface area contributed by atoms with E-state index in [4.69, 9.17) is 9.47 Å². The Morgan fingerprint density at radius 3 is 2.46 bits per heavy atom. The molecule has 0 heterocycles. The second kappa shape index (κ2) is 7.81. The molecule has 2 aromatic rings. The third-order valence-electron chi connectivity index (χ3n) is 4.96. The fraction of sp³-hybridized carbons (Fsp3) is 0.273. The zero-order valence-electron chi connectivity index (χ0n) is 15.4. The number of allylic oxidation sites excluding steroid dienone is 1. The average molecular weight is 383 g/mol. The maximum Gasteiger partial charge on any atom is 0.311 e. The Balaban J connectivity index is 1.72. The highest BCUT2D eigenvalue weighted by molar-refractivity contribution is 5.78. The van der Waals surface area contributed by atoms with E-state index in [9.17, 15) is 18.8 Å². The Hall–Kier alpha value is -3.20. The van der Waals surface area contributed by atoms with Crippen molar-refractivity contribution < 1.29 is 23.0 Å². The van der Waals surface area contributed by atoms with Gasteiger partial charge in [-0.05, 0) is 35.8 Å². The number of carbonyl (C=O) groups excluding carboxylic acids is 1. The predicted molar refractivity (Wildman–Crippen MR) is 98.5 cm³/mol. The van der Waals surface area contributed by atoms with Crippen LogP contribution in [0, 0.1) is 28.6 Å². The highest BCUT2D eigenvalue weighted by atomic mass is 19.3. The maximum atomic E-state index is 12.6. The molecule has 0 aromatic heterocycles. The third-order valence-corrected chi connectivity index (χ3v) is 4.96. The zero-order valence-corrected chi connectivity index (χ0v) is 15.4. The topological polar surface area (TPSA) is 59.3 Å². The van der Waals surface area contributed by atoms with Crippen LogP contribution in [0.15, 0.2) is 66.8 Å². The van der Waals surface area contributed by atoms with Crippen molar-refractivity contribution in [1.29, 1.82) is 5.26 Å². The minimum atomic E-state index is -1.82. The Morgan fingerprint density at radius 1 is 1.14 bits per heavy atom. The van der Waals surface area contributed by atoms with Crippen LogP contribution in [0.3, 0.4) is 0 Å². The highest BCUT2D eigenvalue weighted by Crippen LogP contribution is 2.60. The predicted octanol–water partition coefficient (Wildman–Crippen LogP) is 5.64. The van der Waals surface area contributed by atoms with Gasteiger partial charge in [0.2, 0.25) is 6.10 Å². The Morgan fingerprint density at radius 2 is 1.82 bits per heavy atom. The van der Waals surface area contributed by atoms with Crippen molar-refractivity contribution in [3.8, 4) is 17.6 Å². The van der Waals surface area contributed by atoms with Crippen molar-refractivity contribution in [2.24, 2.45) is 17.3 Å². The number of esters is 1. The Bertz CT molecular complexity index is 930. The van der Waals surface area contributed by atoms with Crippen molar-refractivity contribution in [2.75, 3.05) is 0 Å². The van der Waals surface area contributed by atoms with Crippen LogP contribution in [-0.2, 0) is 9.53 Å². The molecule has 6 heteroatoms. The monoisotopic (exact) mass is 383 g/mol. The van der Waals surface area contributed by atoms with Gasteiger partial charge in [0.1, 0.15) is 17.6 Å². The van der Waals surface area contributed by atoms with Gasteiger partial charge in [-0.2, -0.15) is 14.0 Å². The van der Waals surface area contributed by atoms with E-state index in [0.717, 1.165) is 6.08 Å². The van der Waals surface area contributed by atoms with Crippen LogP contribution in [-0.4, -0.2) is 5.97 Å². The summed E-state index contributed by atoms with van der Waals surface area (Å²) in [6, 6.07) is 17.7. The third kappa shape index (κ3) is 4.20. The molecule has 3 rings (SSSR count). The summed E-state index contributed by atoms with van der Waals surface area (Å²) in [5, 5.41) is 9.45. The summed E-state index contributed by atoms with van der Waals surface area (Å²) in [6.45, 7) is 3.44. The molecule has 0 amide bonds. The number of carbonyl (C=O) groups is 1. The molecule has 1 saturated carbocycles. The molecular formula is C22H19F2NO3. The number of ether oxygens (including phenoxy) is 2. The van der Waals surface area contributed by atoms with Crippen molar-refractivity contribution in [2.45, 2.75) is 20.0 Å². The number of hydrogen-bond donors (Lipinski definition) is 0. The Kier molecular flexibility index (Phi) is 5.46. The molecule has 2 aromatic carbocycles. The molecule has 3 atom stereocenters. The summed E-state index contributed by atoms with van der Waals surface area (Å²) in [5.41, 5.74) is -0.176. The first-order valence-electron chi connectivity index (χ1n) is 8.78. The van der Waals surface area contributed by atoms with Crippen LogP contribution in [0.1, 0.15) is 25.5 Å². The van der Waals surface area contributed by atoms with Crippen molar-refractivity contribution in [3.63, 3.8) is 0 Å². The minimum Gasteiger partial charge on any atom is -0.457 e. The molecular weight excluding hydrogens is 364 g/mol. The van der Waals surface area contributed by atoms with Crippen molar-refractivity contribution >= 4 is 5.97 Å². The van der Waals surface area contributed by atoms with Crippen LogP contribution in [0.5, 0.6) is 11.5 Å². The average Bonchev–Trinajstić information content (AvgIpc) is 3.20. The summed E-state index contributed by atoms with van der Waals surface area (Å²) in [4.78, 5) is 12.5. The number of para-hydroxylation sites is 1. The lowest BCUT2D eigenvalue weighted by Crippen LogP contribution is -2.14. The summed E-state index contributed by atoms with van der Waals surface area (Å²) in [5.74, 6) is -0.834. The summed E-state index contributed by atoms with van der Waals surface area (Å²) in [7, 11) is 0. The van der Waals surface area contributed by atoms with E-state index in [1.165, 1.54) is 0 Å². The molecule has 0 radical (unpaired) electrons. The van der Waals surface area contributed by atoms with Gasteiger partial charge in [-0.3, -0.25) is 4.79 Å². The van der Waals surface area contributed by atoms with Crippen molar-refractivity contribution in [1.82, 2.24) is 0 Å². The van der Waals surface area contributed by atoms with Crippen LogP contribution in [0.4, 0.5) is 8.78 Å². The quantitative estimate of drug-likeness (QED) is 0.606. The molecule has 1 aliphatic carbocycles. The van der Waals surface area contributed by atoms with Gasteiger partial charge in [-0.15, -0.1) is 0 Å². The molecule has 1 fully saturated rings. The SMILES string of the molecule is CC1(C)[C@H](C=C(F)F)[C@@H]1C(=O)OC(C#N)c1cccc(Oc2ccccc2)c1. The lowest BCUT2D eigenvalue weighted by molar-refractivity contribution is -0.149. The highest BCUT2D eigenvalue weighted by Gasteiger charge is 2.62. The van der Waals surface area contributed by atoms with E-state index >= 15 is 0 Å². The number of nitrogens with zero attached hydrogens (tertiary/aromatic N) is 1. The normalized spacial score (nSPS) is 20.4. The standard InChI is InChI=1S/C22H19F2NO3/c1-22(2)17(12-19(23)24)20(22)21(26)28-18(13-25)14-7-6-10-16(11-14)27-15-8-4-3-5-9-15/h3-12,17-18,20H,1-2H3/t17-,18?,20-/m1/s1. The van der Waals surface area contributed by atoms with E-state index in [2.05, 4.69) is 0 Å². The molecule has 0 spiro atoms. The summed E-state index contributed by atoms with van der Waals surface area (Å²) in [6.07, 6.45) is -2.19. The molecule has 0 N–H and O–H groups in total. The number of hydrogen-bond acceptors (Lipinski definition) is 4. The second-order valence-corrected chi connectivity index (χ2v) is 7.21. The molecule has 1 aliphatic rings. The minimum absolute atomic E-state index is 0.450. The van der Waals surface area contributed by atoms with Gasteiger partial charge >= 0.3 is 5.97 Å². The van der Waals surface area contributed by atoms with E-state index in [-0.39, 0.29) is 0 Å². The first-order valence-corrected chi connectivity index (χ1v) is 8.78. The molecule has 28 heavy (non-hydrogen) atoms. The van der Waals surface area contributed by atoms with Crippen LogP contribution < -0.4 is 4.74 Å². The van der Waals surface area contributed by atoms with Crippen LogP contribution in [0.2, 0.25) is 0 Å². The lowest BCUT2D eigenvalue weighted by atomic mass is 10.1. The van der Waals surface area contributed by atoms with E-state index in [1.54, 1.807) is 50.2 Å². The fourth-order valence-electron chi connectivity index (χ4n) is 3.30. The van der Waals surface area contributed by atoms with Gasteiger partial charge in [0.25, 0.3) is 6.08 Å². The van der Waals surface area contributed by atoms with Crippen LogP contribution in [0.25, 0.3) is 0 Å². The summed E-state index contributed by atoms with van der Waals surface area (Å²) >= 11 is 0. The van der Waals surface area contributed by atoms with Gasteiger partial charge in [0.15, 0.2) is 0 Å². The molecule has 4 nitrogen and oxygen atoms in total. The smallest absolute Gasteiger partial charge is 0.311 e. The number of halogens is 2. The first kappa shape index (κ1) is 19.6. The van der Waals surface area contributed by atoms with Gasteiger partial charge < -0.3 is 9.47 Å². The summed E-state index contributed by atoms with van der Waals surface area (Å²) < 4.78 is 36.2. The van der Waals surface area contributed by atoms with Crippen molar-refractivity contribution in [3.05, 3.63) is 72.3 Å². The molecule has 0 saturated heterocycles. The number of rotatable bonds is 6. The lowest BCUT2D eigenvalue weighted by Gasteiger charge is -2.13. The Labute approximate surface area is 162 Å². The van der Waals surface area contributed by atoms with E-state index in [1.807, 2.05) is 24.3 Å². The molecule has 144 valence electrons. The second-order valence-electron chi connectivity index (χ2n) is 7.21. The maximum absolute atomic E-state index is 12.6. The number of nitriles is 1. The van der Waals surface area contributed by atoms with Gasteiger partial charge in [-0.1, -0.05) is 44.2 Å². The van der Waals surface area contributed by atoms with E-state index < -0.39 is 35.4 Å². The van der Waals surface area contributed by atoms with Gasteiger partial charge in [0, 0.05) is 11.5 Å². The molecule has 0 aliphatic heterocycles. The molecule has 1 unspecified atom stereocenters.